The molecule has 10 rings (SSSR count). The molecule has 0 atom stereocenters. The highest BCUT2D eigenvalue weighted by Gasteiger charge is 2.43. The number of aromatic nitrogens is 1. The summed E-state index contributed by atoms with van der Waals surface area (Å²) in [4.78, 5) is 0. The molecule has 0 unspecified atom stereocenters. The lowest BCUT2D eigenvalue weighted by atomic mass is 9.87. The predicted octanol–water partition coefficient (Wildman–Crippen LogP) is 8.84. The van der Waals surface area contributed by atoms with Gasteiger partial charge in [-0.25, -0.2) is 0 Å². The van der Waals surface area contributed by atoms with E-state index in [9.17, 15) is 5.48 Å². The lowest BCUT2D eigenvalue weighted by Gasteiger charge is -2.34. The molecule has 0 radical (unpaired) electrons. The van der Waals surface area contributed by atoms with Gasteiger partial charge in [0, 0.05) is 16.5 Å². The van der Waals surface area contributed by atoms with E-state index in [1.54, 1.807) is 0 Å². The van der Waals surface area contributed by atoms with E-state index >= 15 is 0 Å². The molecule has 0 saturated carbocycles. The number of rotatable bonds is 9. The Morgan fingerprint density at radius 3 is 0.885 bits per heavy atom. The van der Waals surface area contributed by atoms with Gasteiger partial charge >= 0.3 is 0 Å². The number of hydrogen-bond donors (Lipinski definition) is 0. The van der Waals surface area contributed by atoms with Crippen LogP contribution in [-0.2, 0) is 5.41 Å². The third-order valence-electron chi connectivity index (χ3n) is 12.5. The molecule has 61 heavy (non-hydrogen) atoms. The smallest absolute Gasteiger partial charge is 0.179 e. The maximum absolute atomic E-state index is 9.64. The van der Waals surface area contributed by atoms with E-state index in [2.05, 4.69) is 218 Å². The van der Waals surface area contributed by atoms with Crippen LogP contribution < -0.4 is 41.5 Å². The molecule has 1 nitrogen and oxygen atoms in total. The highest BCUT2D eigenvalue weighted by molar-refractivity contribution is 7.20. The molecule has 1 aromatic heterocycles. The predicted molar refractivity (Wildman–Crippen MR) is 267 cm³/mol. The zero-order valence-electron chi connectivity index (χ0n) is 38.7. The fourth-order valence-electron chi connectivity index (χ4n) is 9.65. The minimum atomic E-state index is -2.99. The van der Waals surface area contributed by atoms with Crippen molar-refractivity contribution in [1.29, 1.82) is 0 Å². The van der Waals surface area contributed by atoms with Gasteiger partial charge in [0.2, 0.25) is 0 Å². The Hall–Kier alpha value is -6.79. The Morgan fingerprint density at radius 1 is 0.344 bits per heavy atom. The van der Waals surface area contributed by atoms with Crippen molar-refractivity contribution in [3.05, 3.63) is 248 Å². The van der Waals surface area contributed by atoms with Gasteiger partial charge in [-0.15, -0.1) is 0 Å². The van der Waals surface area contributed by atoms with Crippen LogP contribution in [0.3, 0.4) is 0 Å². The van der Waals surface area contributed by atoms with E-state index in [4.69, 9.17) is 0 Å². The van der Waals surface area contributed by atoms with Crippen molar-refractivity contribution < 1.29 is 5.48 Å². The van der Waals surface area contributed by atoms with Gasteiger partial charge < -0.3 is 4.57 Å². The Labute approximate surface area is 367 Å². The van der Waals surface area contributed by atoms with Gasteiger partial charge in [0.05, 0.1) is 16.5 Å². The van der Waals surface area contributed by atoms with E-state index < -0.39 is 21.6 Å². The van der Waals surface area contributed by atoms with E-state index in [-0.39, 0.29) is 29.9 Å². The van der Waals surface area contributed by atoms with E-state index in [1.807, 2.05) is 25.3 Å². The monoisotopic (exact) mass is 819 g/mol. The molecule has 0 spiro atoms. The number of nitrogens with zero attached hydrogens (tertiary/aromatic N) is 1. The molecule has 0 aliphatic rings. The first-order valence-corrected chi connectivity index (χ1v) is 25.1. The van der Waals surface area contributed by atoms with Crippen LogP contribution in [-0.4, -0.2) is 20.7 Å². The van der Waals surface area contributed by atoms with E-state index in [0.717, 1.165) is 21.8 Å². The minimum Gasteiger partial charge on any atom is -0.309 e. The number of benzene rings is 9. The normalized spacial score (nSPS) is 13.1. The largest absolute Gasteiger partial charge is 0.309 e. The average Bonchev–Trinajstić information content (AvgIpc) is 3.66. The molecule has 9 aromatic carbocycles. The Bertz CT molecular complexity index is 2910. The molecule has 0 bridgehead atoms. The van der Waals surface area contributed by atoms with Gasteiger partial charge in [0.25, 0.3) is 0 Å². The first kappa shape index (κ1) is 34.0. The second kappa shape index (κ2) is 15.7. The van der Waals surface area contributed by atoms with Crippen molar-refractivity contribution in [2.24, 2.45) is 0 Å². The van der Waals surface area contributed by atoms with E-state index in [0.29, 0.717) is 5.56 Å². The molecule has 294 valence electrons. The van der Waals surface area contributed by atoms with Crippen LogP contribution in [0.5, 0.6) is 0 Å². The van der Waals surface area contributed by atoms with Crippen LogP contribution in [0, 0.1) is 0 Å². The molecule has 10 aromatic rings. The molecule has 1 heterocycles. The molecule has 0 N–H and O–H groups in total. The van der Waals surface area contributed by atoms with Gasteiger partial charge in [-0.2, -0.15) is 0 Å². The van der Waals surface area contributed by atoms with Crippen molar-refractivity contribution in [3.8, 4) is 5.69 Å². The first-order valence-electron chi connectivity index (χ1n) is 23.1. The molecule has 0 amide bonds. The van der Waals surface area contributed by atoms with Crippen LogP contribution in [0.1, 0.15) is 31.8 Å². The fraction of sp³-hybridized carbons (Fsp3) is 0.0690. The van der Waals surface area contributed by atoms with Gasteiger partial charge in [-0.05, 0) is 76.7 Å². The van der Waals surface area contributed by atoms with Gasteiger partial charge in [0.15, 0.2) is 16.1 Å². The maximum Gasteiger partial charge on any atom is 0.179 e. The zero-order chi connectivity index (χ0) is 44.9. The highest BCUT2D eigenvalue weighted by atomic mass is 28.3. The average molecular weight is 820 g/mol. The lowest BCUT2D eigenvalue weighted by Crippen LogP contribution is -2.74. The fourth-order valence-corrected chi connectivity index (χ4v) is 19.2. The summed E-state index contributed by atoms with van der Waals surface area (Å²) in [7, 11) is -5.97. The first-order chi connectivity index (χ1) is 31.6. The van der Waals surface area contributed by atoms with Gasteiger partial charge in [-0.3, -0.25) is 0 Å². The standard InChI is InChI=1S/C58H49NSi2/c1-58(2,3)44-34-36-45(37-35-44)59-56-40-38-52(60(46-22-10-4-11-23-46,47-24-12-5-13-25-47)48-26-14-6-15-27-48)42-54(56)55-43-53(39-41-57(55)59)61(49-28-16-7-17-29-49,50-30-18-8-19-31-50)51-32-20-9-21-33-51/h4-43H,1-3H3/i34D,35D,36D,37D. The van der Waals surface area contributed by atoms with Crippen LogP contribution in [0.2, 0.25) is 0 Å². The highest BCUT2D eigenvalue weighted by Crippen LogP contribution is 2.33. The summed E-state index contributed by atoms with van der Waals surface area (Å²) in [5.41, 5.74) is 1.73. The lowest BCUT2D eigenvalue weighted by molar-refractivity contribution is 0.590. The third kappa shape index (κ3) is 6.44. The quantitative estimate of drug-likeness (QED) is 0.101. The summed E-state index contributed by atoms with van der Waals surface area (Å²) in [6.45, 7) is 5.85. The number of fused-ring (bicyclic) bond motifs is 3. The Morgan fingerprint density at radius 2 is 0.623 bits per heavy atom. The van der Waals surface area contributed by atoms with Gasteiger partial charge in [-0.1, -0.05) is 239 Å². The summed E-state index contributed by atoms with van der Waals surface area (Å²) in [6.07, 6.45) is 0. The summed E-state index contributed by atoms with van der Waals surface area (Å²) < 4.78 is 40.0. The Balaban J connectivity index is 1.38. The Kier molecular flexibility index (Phi) is 8.73. The van der Waals surface area contributed by atoms with Crippen molar-refractivity contribution in [1.82, 2.24) is 4.57 Å². The van der Waals surface area contributed by atoms with E-state index in [1.165, 1.54) is 41.5 Å². The topological polar surface area (TPSA) is 4.93 Å². The van der Waals surface area contributed by atoms with Gasteiger partial charge in [0.1, 0.15) is 0 Å². The summed E-state index contributed by atoms with van der Waals surface area (Å²) in [5, 5.41) is 12.0. The minimum absolute atomic E-state index is 0.0101. The molecule has 0 aliphatic carbocycles. The zero-order valence-corrected chi connectivity index (χ0v) is 36.7. The van der Waals surface area contributed by atoms with Crippen LogP contribution in [0.4, 0.5) is 0 Å². The van der Waals surface area contributed by atoms with Crippen molar-refractivity contribution in [2.75, 3.05) is 0 Å². The SMILES string of the molecule is [2H]c1c([2H])c(C(C)(C)C)c([2H])c([2H])c1-n1c2ccc([Si](c3ccccc3)(c3ccccc3)c3ccccc3)cc2c2cc([Si](c3ccccc3)(c3ccccc3)c3ccccc3)ccc21. The molecule has 0 saturated heterocycles. The molecular formula is C58H49NSi2. The molecular weight excluding hydrogens is 767 g/mol. The van der Waals surface area contributed by atoms with Crippen LogP contribution in [0.25, 0.3) is 27.5 Å². The molecule has 0 aliphatic heterocycles. The summed E-state index contributed by atoms with van der Waals surface area (Å²) in [5.74, 6) is 0. The summed E-state index contributed by atoms with van der Waals surface area (Å²) in [6, 6.07) is 79.0. The second-order valence-corrected chi connectivity index (χ2v) is 24.6. The van der Waals surface area contributed by atoms with Crippen LogP contribution >= 0.6 is 0 Å². The number of hydrogen-bond acceptors (Lipinski definition) is 0. The van der Waals surface area contributed by atoms with Crippen molar-refractivity contribution >= 4 is 79.4 Å². The van der Waals surface area contributed by atoms with Crippen molar-refractivity contribution in [2.45, 2.75) is 26.2 Å². The second-order valence-electron chi connectivity index (χ2n) is 17.0. The molecule has 0 fully saturated rings. The molecule has 3 heteroatoms. The third-order valence-corrected chi connectivity index (χ3v) is 22.0. The van der Waals surface area contributed by atoms with Crippen LogP contribution in [0.15, 0.2) is 243 Å². The maximum atomic E-state index is 9.64. The summed E-state index contributed by atoms with van der Waals surface area (Å²) >= 11 is 0. The van der Waals surface area contributed by atoms with Crippen molar-refractivity contribution in [3.63, 3.8) is 0 Å².